The summed E-state index contributed by atoms with van der Waals surface area (Å²) in [5.74, 6) is 0.241. The molecule has 0 amide bonds. The van der Waals surface area contributed by atoms with Crippen LogP contribution in [0.15, 0.2) is 41.5 Å². The number of hydrogen-bond acceptors (Lipinski definition) is 3. The molecule has 13 heavy (non-hydrogen) atoms. The minimum atomic E-state index is 0.241. The lowest BCUT2D eigenvalue weighted by atomic mass is 10.1. The molecule has 3 nitrogen and oxygen atoms in total. The fraction of sp³-hybridized carbons (Fsp3) is 0.100. The molecule has 1 aromatic carbocycles. The maximum atomic E-state index is 9.69. The summed E-state index contributed by atoms with van der Waals surface area (Å²) in [6.07, 6.45) is 5.15. The number of nitrogens with zero attached hydrogens (tertiary/aromatic N) is 1. The van der Waals surface area contributed by atoms with E-state index in [1.165, 1.54) is 12.3 Å². The average molecular weight is 175 g/mol. The van der Waals surface area contributed by atoms with Gasteiger partial charge in [0.1, 0.15) is 5.75 Å². The first-order valence-corrected chi connectivity index (χ1v) is 3.83. The molecule has 0 aliphatic carbocycles. The Morgan fingerprint density at radius 2 is 2.38 bits per heavy atom. The zero-order valence-electron chi connectivity index (χ0n) is 6.97. The van der Waals surface area contributed by atoms with Crippen LogP contribution < -0.4 is 0 Å². The van der Waals surface area contributed by atoms with Crippen LogP contribution in [0.2, 0.25) is 0 Å². The van der Waals surface area contributed by atoms with Gasteiger partial charge in [-0.1, -0.05) is 18.2 Å². The number of isocyanates is 1. The van der Waals surface area contributed by atoms with E-state index < -0.39 is 0 Å². The molecule has 0 spiro atoms. The zero-order chi connectivity index (χ0) is 9.52. The highest BCUT2D eigenvalue weighted by Crippen LogP contribution is 2.11. The van der Waals surface area contributed by atoms with Crippen LogP contribution in [0.3, 0.4) is 0 Å². The standard InChI is InChI=1S/C10H9NO2/c12-8-11-6-2-4-9-3-1-5-10(13)7-9/h1-3,5-7,13H,4H2/b6-2-. The van der Waals surface area contributed by atoms with Crippen molar-refractivity contribution < 1.29 is 9.90 Å². The van der Waals surface area contributed by atoms with E-state index in [0.717, 1.165) is 5.56 Å². The highest BCUT2D eigenvalue weighted by molar-refractivity contribution is 5.35. The number of hydrogen-bond donors (Lipinski definition) is 1. The monoisotopic (exact) mass is 175 g/mol. The molecular formula is C10H9NO2. The van der Waals surface area contributed by atoms with Crippen molar-refractivity contribution in [3.05, 3.63) is 42.1 Å². The zero-order valence-corrected chi connectivity index (χ0v) is 6.97. The molecule has 0 aromatic heterocycles. The van der Waals surface area contributed by atoms with Gasteiger partial charge in [0.05, 0.1) is 0 Å². The molecule has 0 atom stereocenters. The summed E-state index contributed by atoms with van der Waals surface area (Å²) in [5.41, 5.74) is 0.970. The lowest BCUT2D eigenvalue weighted by molar-refractivity contribution is 0.474. The molecule has 0 bridgehead atoms. The third kappa shape index (κ3) is 3.36. The Kier molecular flexibility index (Phi) is 3.48. The minimum Gasteiger partial charge on any atom is -0.508 e. The molecule has 0 fully saturated rings. The third-order valence-corrected chi connectivity index (χ3v) is 1.50. The summed E-state index contributed by atoms with van der Waals surface area (Å²) in [7, 11) is 0. The Bertz CT molecular complexity index is 352. The van der Waals surface area contributed by atoms with Crippen LogP contribution in [0.1, 0.15) is 5.56 Å². The van der Waals surface area contributed by atoms with Gasteiger partial charge in [-0.2, -0.15) is 4.99 Å². The first-order valence-electron chi connectivity index (χ1n) is 3.83. The van der Waals surface area contributed by atoms with Gasteiger partial charge in [0.25, 0.3) is 0 Å². The molecular weight excluding hydrogens is 166 g/mol. The van der Waals surface area contributed by atoms with Crippen molar-refractivity contribution in [2.45, 2.75) is 6.42 Å². The fourth-order valence-electron chi connectivity index (χ4n) is 0.955. The molecule has 66 valence electrons. The second-order valence-corrected chi connectivity index (χ2v) is 2.48. The first-order chi connectivity index (χ1) is 6.33. The number of allylic oxidation sites excluding steroid dienone is 1. The maximum absolute atomic E-state index is 9.69. The van der Waals surface area contributed by atoms with Crippen LogP contribution in [0.25, 0.3) is 0 Å². The number of rotatable bonds is 3. The summed E-state index contributed by atoms with van der Waals surface area (Å²) in [5, 5.41) is 9.11. The SMILES string of the molecule is O=C=N/C=C\Cc1cccc(O)c1. The van der Waals surface area contributed by atoms with Gasteiger partial charge in [-0.15, -0.1) is 0 Å². The van der Waals surface area contributed by atoms with E-state index in [-0.39, 0.29) is 5.75 Å². The molecule has 0 unspecified atom stereocenters. The van der Waals surface area contributed by atoms with Crippen LogP contribution in [0.4, 0.5) is 0 Å². The number of aromatic hydroxyl groups is 1. The van der Waals surface area contributed by atoms with E-state index >= 15 is 0 Å². The predicted octanol–water partition coefficient (Wildman–Crippen LogP) is 1.78. The highest BCUT2D eigenvalue weighted by Gasteiger charge is 1.90. The molecule has 3 heteroatoms. The molecule has 0 heterocycles. The van der Waals surface area contributed by atoms with Crippen LogP contribution in [-0.2, 0) is 11.2 Å². The lowest BCUT2D eigenvalue weighted by Crippen LogP contribution is -1.78. The molecule has 1 rings (SSSR count). The summed E-state index contributed by atoms with van der Waals surface area (Å²) in [6, 6.07) is 6.92. The van der Waals surface area contributed by atoms with E-state index in [0.29, 0.717) is 6.42 Å². The molecule has 0 radical (unpaired) electrons. The number of phenolic OH excluding ortho intramolecular Hbond substituents is 1. The summed E-state index contributed by atoms with van der Waals surface area (Å²) >= 11 is 0. The Morgan fingerprint density at radius 1 is 1.54 bits per heavy atom. The molecule has 0 saturated carbocycles. The molecule has 1 N–H and O–H groups in total. The van der Waals surface area contributed by atoms with Gasteiger partial charge in [-0.25, -0.2) is 4.79 Å². The van der Waals surface area contributed by atoms with E-state index in [1.807, 2.05) is 6.07 Å². The highest BCUT2D eigenvalue weighted by atomic mass is 16.3. The van der Waals surface area contributed by atoms with Crippen molar-refractivity contribution in [3.63, 3.8) is 0 Å². The van der Waals surface area contributed by atoms with Crippen molar-refractivity contribution in [2.24, 2.45) is 4.99 Å². The maximum Gasteiger partial charge on any atom is 0.239 e. The quantitative estimate of drug-likeness (QED) is 0.562. The second-order valence-electron chi connectivity index (χ2n) is 2.48. The van der Waals surface area contributed by atoms with E-state index in [2.05, 4.69) is 4.99 Å². The van der Waals surface area contributed by atoms with Gasteiger partial charge in [0.15, 0.2) is 0 Å². The van der Waals surface area contributed by atoms with Gasteiger partial charge >= 0.3 is 0 Å². The fourth-order valence-corrected chi connectivity index (χ4v) is 0.955. The number of benzene rings is 1. The Labute approximate surface area is 76.1 Å². The van der Waals surface area contributed by atoms with Crippen LogP contribution in [0, 0.1) is 0 Å². The lowest BCUT2D eigenvalue weighted by Gasteiger charge is -1.95. The van der Waals surface area contributed by atoms with Crippen molar-refractivity contribution in [1.29, 1.82) is 0 Å². The normalized spacial score (nSPS) is 9.85. The van der Waals surface area contributed by atoms with Crippen LogP contribution in [0.5, 0.6) is 5.75 Å². The van der Waals surface area contributed by atoms with Gasteiger partial charge in [0, 0.05) is 6.20 Å². The van der Waals surface area contributed by atoms with Gasteiger partial charge in [-0.3, -0.25) is 0 Å². The Hall–Kier alpha value is -1.86. The molecule has 0 aliphatic rings. The van der Waals surface area contributed by atoms with Crippen molar-refractivity contribution in [3.8, 4) is 5.75 Å². The minimum absolute atomic E-state index is 0.241. The van der Waals surface area contributed by atoms with E-state index in [1.54, 1.807) is 24.3 Å². The van der Waals surface area contributed by atoms with Crippen LogP contribution in [-0.4, -0.2) is 11.2 Å². The van der Waals surface area contributed by atoms with Gasteiger partial charge in [0.2, 0.25) is 6.08 Å². The second kappa shape index (κ2) is 4.91. The topological polar surface area (TPSA) is 49.7 Å². The summed E-state index contributed by atoms with van der Waals surface area (Å²) in [4.78, 5) is 12.9. The molecule has 0 saturated heterocycles. The third-order valence-electron chi connectivity index (χ3n) is 1.50. The van der Waals surface area contributed by atoms with E-state index in [9.17, 15) is 4.79 Å². The van der Waals surface area contributed by atoms with Crippen molar-refractivity contribution >= 4 is 6.08 Å². The molecule has 0 aliphatic heterocycles. The number of phenols is 1. The Balaban J connectivity index is 2.59. The predicted molar refractivity (Wildman–Crippen MR) is 49.1 cm³/mol. The van der Waals surface area contributed by atoms with E-state index in [4.69, 9.17) is 5.11 Å². The summed E-state index contributed by atoms with van der Waals surface area (Å²) < 4.78 is 0. The van der Waals surface area contributed by atoms with Crippen molar-refractivity contribution in [2.75, 3.05) is 0 Å². The number of aliphatic imine (C=N–C) groups is 1. The Morgan fingerprint density at radius 3 is 3.08 bits per heavy atom. The average Bonchev–Trinajstić information content (AvgIpc) is 2.13. The molecule has 1 aromatic rings. The first kappa shape index (κ1) is 9.23. The van der Waals surface area contributed by atoms with Gasteiger partial charge < -0.3 is 5.11 Å². The van der Waals surface area contributed by atoms with Gasteiger partial charge in [-0.05, 0) is 24.1 Å². The van der Waals surface area contributed by atoms with Crippen molar-refractivity contribution in [1.82, 2.24) is 0 Å². The smallest absolute Gasteiger partial charge is 0.239 e. The largest absolute Gasteiger partial charge is 0.508 e. The summed E-state index contributed by atoms with van der Waals surface area (Å²) in [6.45, 7) is 0. The van der Waals surface area contributed by atoms with Crippen LogP contribution >= 0.6 is 0 Å². The number of carbonyl (C=O) groups excluding carboxylic acids is 1.